The van der Waals surface area contributed by atoms with Gasteiger partial charge in [0.1, 0.15) is 12.0 Å². The largest absolute Gasteiger partial charge is 0.476 e. The first-order valence-corrected chi connectivity index (χ1v) is 5.71. The molecular formula is C11H20N4O2. The summed E-state index contributed by atoms with van der Waals surface area (Å²) in [6.45, 7) is 5.08. The van der Waals surface area contributed by atoms with E-state index in [-0.39, 0.29) is 6.04 Å². The van der Waals surface area contributed by atoms with Gasteiger partial charge in [-0.25, -0.2) is 4.98 Å². The number of methoxy groups -OCH3 is 1. The molecule has 0 saturated heterocycles. The van der Waals surface area contributed by atoms with Crippen LogP contribution in [0.5, 0.6) is 5.88 Å². The van der Waals surface area contributed by atoms with Crippen LogP contribution in [0.4, 0.5) is 11.5 Å². The minimum Gasteiger partial charge on any atom is -0.476 e. The summed E-state index contributed by atoms with van der Waals surface area (Å²) in [5.41, 5.74) is 6.35. The normalized spacial score (nSPS) is 12.2. The molecule has 0 saturated carbocycles. The highest BCUT2D eigenvalue weighted by atomic mass is 16.5. The molecule has 1 atom stereocenters. The molecule has 0 fully saturated rings. The summed E-state index contributed by atoms with van der Waals surface area (Å²) < 4.78 is 10.4. The third-order valence-corrected chi connectivity index (χ3v) is 2.33. The molecule has 0 bridgehead atoms. The first-order valence-electron chi connectivity index (χ1n) is 5.71. The van der Waals surface area contributed by atoms with Gasteiger partial charge in [0.2, 0.25) is 5.88 Å². The fourth-order valence-corrected chi connectivity index (χ4v) is 1.40. The number of hydrogen-bond acceptors (Lipinski definition) is 6. The average Bonchev–Trinajstić information content (AvgIpc) is 2.33. The van der Waals surface area contributed by atoms with Crippen LogP contribution < -0.4 is 15.8 Å². The van der Waals surface area contributed by atoms with Crippen molar-refractivity contribution in [3.05, 3.63) is 6.33 Å². The monoisotopic (exact) mass is 240 g/mol. The summed E-state index contributed by atoms with van der Waals surface area (Å²) in [6, 6.07) is 0.173. The zero-order chi connectivity index (χ0) is 12.7. The van der Waals surface area contributed by atoms with E-state index in [9.17, 15) is 0 Å². The van der Waals surface area contributed by atoms with E-state index in [1.54, 1.807) is 7.11 Å². The maximum absolute atomic E-state index is 5.92. The van der Waals surface area contributed by atoms with Crippen molar-refractivity contribution in [1.82, 2.24) is 9.97 Å². The molecule has 1 rings (SSSR count). The molecule has 17 heavy (non-hydrogen) atoms. The Hall–Kier alpha value is -1.56. The zero-order valence-electron chi connectivity index (χ0n) is 10.6. The van der Waals surface area contributed by atoms with Crippen LogP contribution in [0.3, 0.4) is 0 Å². The summed E-state index contributed by atoms with van der Waals surface area (Å²) in [6.07, 6.45) is 2.35. The SMILES string of the molecule is CCOc1ncnc(NC(CC)COC)c1N. The highest BCUT2D eigenvalue weighted by Crippen LogP contribution is 2.25. The molecule has 1 unspecified atom stereocenters. The molecule has 0 aliphatic rings. The quantitative estimate of drug-likeness (QED) is 0.747. The van der Waals surface area contributed by atoms with Gasteiger partial charge in [0.25, 0.3) is 0 Å². The van der Waals surface area contributed by atoms with E-state index in [1.165, 1.54) is 6.33 Å². The van der Waals surface area contributed by atoms with Gasteiger partial charge >= 0.3 is 0 Å². The number of anilines is 2. The lowest BCUT2D eigenvalue weighted by atomic mass is 10.2. The predicted octanol–water partition coefficient (Wildman–Crippen LogP) is 1.29. The van der Waals surface area contributed by atoms with Gasteiger partial charge in [0, 0.05) is 7.11 Å². The number of ether oxygens (including phenoxy) is 2. The molecule has 0 spiro atoms. The van der Waals surface area contributed by atoms with Crippen LogP contribution in [0.15, 0.2) is 6.33 Å². The average molecular weight is 240 g/mol. The number of rotatable bonds is 7. The fourth-order valence-electron chi connectivity index (χ4n) is 1.40. The third kappa shape index (κ3) is 3.74. The van der Waals surface area contributed by atoms with Gasteiger partial charge in [0.15, 0.2) is 5.82 Å². The van der Waals surface area contributed by atoms with Crippen molar-refractivity contribution in [2.75, 3.05) is 31.4 Å². The second-order valence-corrected chi connectivity index (χ2v) is 3.58. The molecular weight excluding hydrogens is 220 g/mol. The van der Waals surface area contributed by atoms with Crippen LogP contribution in [0.25, 0.3) is 0 Å². The van der Waals surface area contributed by atoms with Gasteiger partial charge in [-0.05, 0) is 13.3 Å². The predicted molar refractivity (Wildman–Crippen MR) is 67.2 cm³/mol. The van der Waals surface area contributed by atoms with Crippen LogP contribution in [-0.2, 0) is 4.74 Å². The highest BCUT2D eigenvalue weighted by Gasteiger charge is 2.12. The Labute approximate surface area is 102 Å². The molecule has 6 heteroatoms. The van der Waals surface area contributed by atoms with Gasteiger partial charge in [-0.1, -0.05) is 6.92 Å². The summed E-state index contributed by atoms with van der Waals surface area (Å²) in [5.74, 6) is 1.00. The highest BCUT2D eigenvalue weighted by molar-refractivity contribution is 5.66. The third-order valence-electron chi connectivity index (χ3n) is 2.33. The van der Waals surface area contributed by atoms with Crippen LogP contribution in [0, 0.1) is 0 Å². The van der Waals surface area contributed by atoms with Gasteiger partial charge < -0.3 is 20.5 Å². The lowest BCUT2D eigenvalue weighted by molar-refractivity contribution is 0.184. The Kier molecular flexibility index (Phi) is 5.48. The van der Waals surface area contributed by atoms with Crippen LogP contribution >= 0.6 is 0 Å². The number of aromatic nitrogens is 2. The van der Waals surface area contributed by atoms with E-state index in [4.69, 9.17) is 15.2 Å². The molecule has 0 aliphatic carbocycles. The molecule has 0 aromatic carbocycles. The van der Waals surface area contributed by atoms with Gasteiger partial charge in [0.05, 0.1) is 19.3 Å². The summed E-state index contributed by atoms with van der Waals surface area (Å²) in [4.78, 5) is 8.09. The molecule has 1 heterocycles. The van der Waals surface area contributed by atoms with Gasteiger partial charge in [-0.3, -0.25) is 0 Å². The molecule has 0 aliphatic heterocycles. The van der Waals surface area contributed by atoms with Crippen LogP contribution in [0.2, 0.25) is 0 Å². The van der Waals surface area contributed by atoms with E-state index in [0.717, 1.165) is 6.42 Å². The number of nitrogens with two attached hydrogens (primary N) is 1. The molecule has 96 valence electrons. The zero-order valence-corrected chi connectivity index (χ0v) is 10.6. The molecule has 6 nitrogen and oxygen atoms in total. The molecule has 0 radical (unpaired) electrons. The smallest absolute Gasteiger partial charge is 0.242 e. The number of nitrogens with zero attached hydrogens (tertiary/aromatic N) is 2. The summed E-state index contributed by atoms with van der Waals surface area (Å²) >= 11 is 0. The number of nitrogens with one attached hydrogen (secondary N) is 1. The first-order chi connectivity index (χ1) is 8.22. The molecule has 1 aromatic rings. The molecule has 0 amide bonds. The molecule has 3 N–H and O–H groups in total. The Balaban J connectivity index is 2.79. The fraction of sp³-hybridized carbons (Fsp3) is 0.636. The maximum Gasteiger partial charge on any atom is 0.242 e. The molecule has 1 aromatic heterocycles. The lowest BCUT2D eigenvalue weighted by Gasteiger charge is -2.18. The first kappa shape index (κ1) is 13.5. The standard InChI is InChI=1S/C11H20N4O2/c1-4-8(6-16-3)15-10-9(12)11(17-5-2)14-7-13-10/h7-8H,4-6,12H2,1-3H3,(H,13,14,15). The number of nitrogen functional groups attached to an aromatic ring is 1. The van der Waals surface area contributed by atoms with Crippen molar-refractivity contribution in [2.24, 2.45) is 0 Å². The van der Waals surface area contributed by atoms with Crippen LogP contribution in [0.1, 0.15) is 20.3 Å². The number of hydrogen-bond donors (Lipinski definition) is 2. The second kappa shape index (κ2) is 6.90. The van der Waals surface area contributed by atoms with Crippen molar-refractivity contribution < 1.29 is 9.47 Å². The minimum atomic E-state index is 0.173. The Morgan fingerprint density at radius 3 is 2.76 bits per heavy atom. The van der Waals surface area contributed by atoms with E-state index in [1.807, 2.05) is 6.92 Å². The van der Waals surface area contributed by atoms with Crippen molar-refractivity contribution in [3.63, 3.8) is 0 Å². The Bertz CT molecular complexity index is 346. The van der Waals surface area contributed by atoms with Crippen LogP contribution in [-0.4, -0.2) is 36.3 Å². The lowest BCUT2D eigenvalue weighted by Crippen LogP contribution is -2.25. The minimum absolute atomic E-state index is 0.173. The summed E-state index contributed by atoms with van der Waals surface area (Å²) in [5, 5.41) is 3.22. The Morgan fingerprint density at radius 1 is 1.41 bits per heavy atom. The van der Waals surface area contributed by atoms with E-state index < -0.39 is 0 Å². The topological polar surface area (TPSA) is 82.3 Å². The van der Waals surface area contributed by atoms with Crippen molar-refractivity contribution in [2.45, 2.75) is 26.3 Å². The van der Waals surface area contributed by atoms with Gasteiger partial charge in [-0.2, -0.15) is 4.98 Å². The van der Waals surface area contributed by atoms with E-state index >= 15 is 0 Å². The maximum atomic E-state index is 5.92. The van der Waals surface area contributed by atoms with Crippen molar-refractivity contribution >= 4 is 11.5 Å². The van der Waals surface area contributed by atoms with Crippen molar-refractivity contribution in [3.8, 4) is 5.88 Å². The Morgan fingerprint density at radius 2 is 2.18 bits per heavy atom. The van der Waals surface area contributed by atoms with E-state index in [0.29, 0.717) is 30.6 Å². The second-order valence-electron chi connectivity index (χ2n) is 3.58. The van der Waals surface area contributed by atoms with Crippen molar-refractivity contribution in [1.29, 1.82) is 0 Å². The van der Waals surface area contributed by atoms with Gasteiger partial charge in [-0.15, -0.1) is 0 Å². The van der Waals surface area contributed by atoms with E-state index in [2.05, 4.69) is 22.2 Å². The summed E-state index contributed by atoms with van der Waals surface area (Å²) in [7, 11) is 1.67.